The summed E-state index contributed by atoms with van der Waals surface area (Å²) in [5, 5.41) is 8.94. The van der Waals surface area contributed by atoms with Gasteiger partial charge in [0.05, 0.1) is 5.88 Å². The molecule has 56 valence electrons. The smallest absolute Gasteiger partial charge is 0.183 e. The first-order valence-electron chi connectivity index (χ1n) is 2.55. The predicted molar refractivity (Wildman–Crippen MR) is 34.5 cm³/mol. The van der Waals surface area contributed by atoms with Gasteiger partial charge in [0.15, 0.2) is 6.29 Å². The second kappa shape index (κ2) is 4.99. The van der Waals surface area contributed by atoms with Crippen molar-refractivity contribution in [3.05, 3.63) is 0 Å². The molecule has 1 unspecified atom stereocenters. The van der Waals surface area contributed by atoms with Crippen LogP contribution < -0.4 is 0 Å². The maximum atomic E-state index is 8.94. The highest BCUT2D eigenvalue weighted by atomic mass is 35.5. The van der Waals surface area contributed by atoms with E-state index >= 15 is 0 Å². The molecule has 0 bridgehead atoms. The molecule has 9 heavy (non-hydrogen) atoms. The van der Waals surface area contributed by atoms with E-state index in [1.807, 2.05) is 0 Å². The van der Waals surface area contributed by atoms with Gasteiger partial charge in [0.2, 0.25) is 0 Å². The van der Waals surface area contributed by atoms with Crippen LogP contribution in [-0.2, 0) is 9.47 Å². The van der Waals surface area contributed by atoms with Gasteiger partial charge in [-0.25, -0.2) is 0 Å². The molecule has 0 saturated carbocycles. The van der Waals surface area contributed by atoms with Gasteiger partial charge in [-0.1, -0.05) is 0 Å². The molecule has 0 aromatic rings. The summed E-state index contributed by atoms with van der Waals surface area (Å²) in [5.74, 6) is 0.117. The molecule has 0 aromatic carbocycles. The van der Waals surface area contributed by atoms with Crippen LogP contribution in [-0.4, -0.2) is 37.6 Å². The van der Waals surface area contributed by atoms with Crippen LogP contribution in [0.25, 0.3) is 0 Å². The van der Waals surface area contributed by atoms with Gasteiger partial charge in [-0.3, -0.25) is 0 Å². The summed E-state index contributed by atoms with van der Waals surface area (Å²) in [6.45, 7) is 0. The molecule has 0 aromatic heterocycles. The van der Waals surface area contributed by atoms with Gasteiger partial charge < -0.3 is 14.6 Å². The quantitative estimate of drug-likeness (QED) is 0.465. The fraction of sp³-hybridized carbons (Fsp3) is 1.00. The Labute approximate surface area is 59.5 Å². The summed E-state index contributed by atoms with van der Waals surface area (Å²) in [7, 11) is 2.90. The lowest BCUT2D eigenvalue weighted by Crippen LogP contribution is -2.30. The maximum absolute atomic E-state index is 8.94. The van der Waals surface area contributed by atoms with E-state index in [0.717, 1.165) is 0 Å². The first kappa shape index (κ1) is 9.17. The van der Waals surface area contributed by atoms with Crippen LogP contribution in [0, 0.1) is 0 Å². The molecule has 0 heterocycles. The third-order valence-corrected chi connectivity index (χ3v) is 1.25. The molecule has 0 rings (SSSR count). The third-order valence-electron chi connectivity index (χ3n) is 0.937. The Kier molecular flexibility index (Phi) is 5.09. The molecule has 0 saturated heterocycles. The second-order valence-electron chi connectivity index (χ2n) is 1.56. The first-order chi connectivity index (χ1) is 4.26. The largest absolute Gasteiger partial charge is 0.387 e. The number of methoxy groups -OCH3 is 2. The van der Waals surface area contributed by atoms with Crippen molar-refractivity contribution in [1.82, 2.24) is 0 Å². The lowest BCUT2D eigenvalue weighted by atomic mass is 10.4. The molecule has 4 heteroatoms. The molecular weight excluding hydrogens is 144 g/mol. The van der Waals surface area contributed by atoms with E-state index in [-0.39, 0.29) is 5.88 Å². The fourth-order valence-electron chi connectivity index (χ4n) is 0.483. The van der Waals surface area contributed by atoms with Crippen LogP contribution in [0.2, 0.25) is 0 Å². The van der Waals surface area contributed by atoms with E-state index < -0.39 is 12.4 Å². The molecule has 3 nitrogen and oxygen atoms in total. The third kappa shape index (κ3) is 3.01. The van der Waals surface area contributed by atoms with Gasteiger partial charge in [0.25, 0.3) is 0 Å². The lowest BCUT2D eigenvalue weighted by Gasteiger charge is -2.16. The molecule has 0 spiro atoms. The van der Waals surface area contributed by atoms with Crippen molar-refractivity contribution in [2.75, 3.05) is 20.1 Å². The van der Waals surface area contributed by atoms with Gasteiger partial charge in [-0.2, -0.15) is 0 Å². The number of hydrogen-bond donors (Lipinski definition) is 1. The normalized spacial score (nSPS) is 14.3. The zero-order valence-corrected chi connectivity index (χ0v) is 6.26. The SMILES string of the molecule is COC(OC)C(O)CCl. The van der Waals surface area contributed by atoms with Crippen molar-refractivity contribution in [3.63, 3.8) is 0 Å². The van der Waals surface area contributed by atoms with Crippen molar-refractivity contribution in [2.24, 2.45) is 0 Å². The summed E-state index contributed by atoms with van der Waals surface area (Å²) in [4.78, 5) is 0. The summed E-state index contributed by atoms with van der Waals surface area (Å²) in [5.41, 5.74) is 0. The molecule has 0 radical (unpaired) electrons. The summed E-state index contributed by atoms with van der Waals surface area (Å²) >= 11 is 5.29. The highest BCUT2D eigenvalue weighted by Crippen LogP contribution is 1.99. The maximum Gasteiger partial charge on any atom is 0.183 e. The van der Waals surface area contributed by atoms with E-state index in [1.54, 1.807) is 0 Å². The Morgan fingerprint density at radius 2 is 1.89 bits per heavy atom. The average molecular weight is 155 g/mol. The van der Waals surface area contributed by atoms with Crippen molar-refractivity contribution in [1.29, 1.82) is 0 Å². The molecule has 0 aliphatic rings. The number of ether oxygens (including phenoxy) is 2. The van der Waals surface area contributed by atoms with Gasteiger partial charge >= 0.3 is 0 Å². The first-order valence-corrected chi connectivity index (χ1v) is 3.09. The highest BCUT2D eigenvalue weighted by molar-refractivity contribution is 6.18. The molecule has 0 aliphatic heterocycles. The molecule has 0 aliphatic carbocycles. The number of rotatable bonds is 4. The highest BCUT2D eigenvalue weighted by Gasteiger charge is 2.15. The zero-order chi connectivity index (χ0) is 7.28. The van der Waals surface area contributed by atoms with Crippen LogP contribution in [0.5, 0.6) is 0 Å². The summed E-state index contributed by atoms with van der Waals surface area (Å²) in [6, 6.07) is 0. The van der Waals surface area contributed by atoms with Crippen LogP contribution in [0.1, 0.15) is 0 Å². The van der Waals surface area contributed by atoms with Crippen LogP contribution >= 0.6 is 11.6 Å². The van der Waals surface area contributed by atoms with Crippen LogP contribution in [0.4, 0.5) is 0 Å². The van der Waals surface area contributed by atoms with Crippen molar-refractivity contribution in [3.8, 4) is 0 Å². The summed E-state index contributed by atoms with van der Waals surface area (Å²) in [6.07, 6.45) is -1.36. The minimum Gasteiger partial charge on any atom is -0.387 e. The van der Waals surface area contributed by atoms with Gasteiger partial charge in [0, 0.05) is 14.2 Å². The lowest BCUT2D eigenvalue weighted by molar-refractivity contribution is -0.157. The Bertz CT molecular complexity index is 65.2. The average Bonchev–Trinajstić information content (AvgIpc) is 1.90. The second-order valence-corrected chi connectivity index (χ2v) is 1.87. The number of hydrogen-bond acceptors (Lipinski definition) is 3. The van der Waals surface area contributed by atoms with Crippen LogP contribution in [0.15, 0.2) is 0 Å². The van der Waals surface area contributed by atoms with Crippen molar-refractivity contribution < 1.29 is 14.6 Å². The van der Waals surface area contributed by atoms with Crippen LogP contribution in [0.3, 0.4) is 0 Å². The molecule has 1 N–H and O–H groups in total. The van der Waals surface area contributed by atoms with E-state index in [1.165, 1.54) is 14.2 Å². The standard InChI is InChI=1S/C5H11ClO3/c1-8-5(9-2)4(7)3-6/h4-5,7H,3H2,1-2H3. The Morgan fingerprint density at radius 1 is 1.44 bits per heavy atom. The number of alkyl halides is 1. The topological polar surface area (TPSA) is 38.7 Å². The molecular formula is C5H11ClO3. The Balaban J connectivity index is 3.50. The zero-order valence-electron chi connectivity index (χ0n) is 5.50. The van der Waals surface area contributed by atoms with Gasteiger partial charge in [-0.15, -0.1) is 11.6 Å². The van der Waals surface area contributed by atoms with Crippen molar-refractivity contribution in [2.45, 2.75) is 12.4 Å². The predicted octanol–water partition coefficient (Wildman–Crippen LogP) is 0.205. The number of aliphatic hydroxyl groups excluding tert-OH is 1. The fourth-order valence-corrected chi connectivity index (χ4v) is 0.629. The van der Waals surface area contributed by atoms with Gasteiger partial charge in [-0.05, 0) is 0 Å². The minimum atomic E-state index is -0.748. The monoisotopic (exact) mass is 154 g/mol. The number of halogens is 1. The molecule has 0 amide bonds. The van der Waals surface area contributed by atoms with E-state index in [2.05, 4.69) is 0 Å². The van der Waals surface area contributed by atoms with Crippen molar-refractivity contribution >= 4 is 11.6 Å². The van der Waals surface area contributed by atoms with E-state index in [0.29, 0.717) is 0 Å². The molecule has 1 atom stereocenters. The van der Waals surface area contributed by atoms with E-state index in [4.69, 9.17) is 26.2 Å². The minimum absolute atomic E-state index is 0.117. The molecule has 0 fully saturated rings. The van der Waals surface area contributed by atoms with E-state index in [9.17, 15) is 0 Å². The summed E-state index contributed by atoms with van der Waals surface area (Å²) < 4.78 is 9.39. The van der Waals surface area contributed by atoms with Gasteiger partial charge in [0.1, 0.15) is 6.10 Å². The number of aliphatic hydroxyl groups is 1. The Hall–Kier alpha value is 0.170. The Morgan fingerprint density at radius 3 is 2.00 bits per heavy atom.